The number of carbonyl (C=O) groups excluding carboxylic acids is 1. The second kappa shape index (κ2) is 8.13. The number of carbonyl (C=O) groups is 1. The van der Waals surface area contributed by atoms with Crippen molar-refractivity contribution in [3.8, 4) is 22.1 Å². The first-order chi connectivity index (χ1) is 13.0. The Labute approximate surface area is 158 Å². The third kappa shape index (κ3) is 4.40. The summed E-state index contributed by atoms with van der Waals surface area (Å²) in [4.78, 5) is 16.5. The largest absolute Gasteiger partial charge is 0.493 e. The van der Waals surface area contributed by atoms with Gasteiger partial charge >= 0.3 is 0 Å². The average Bonchev–Trinajstić information content (AvgIpc) is 3.12. The number of nitrogens with one attached hydrogen (secondary N) is 1. The van der Waals surface area contributed by atoms with Gasteiger partial charge < -0.3 is 14.8 Å². The highest BCUT2D eigenvalue weighted by atomic mass is 32.1. The molecule has 2 aromatic carbocycles. The lowest BCUT2D eigenvalue weighted by atomic mass is 10.2. The molecule has 140 valence electrons. The van der Waals surface area contributed by atoms with Gasteiger partial charge in [-0.05, 0) is 30.3 Å². The van der Waals surface area contributed by atoms with Crippen molar-refractivity contribution in [3.63, 3.8) is 0 Å². The number of rotatable bonds is 6. The number of anilines is 1. The molecule has 0 aliphatic heterocycles. The molecule has 0 saturated heterocycles. The molecule has 0 aliphatic rings. The predicted molar refractivity (Wildman–Crippen MR) is 99.3 cm³/mol. The molecule has 0 aliphatic carbocycles. The van der Waals surface area contributed by atoms with Crippen LogP contribution in [0.15, 0.2) is 41.8 Å². The van der Waals surface area contributed by atoms with Crippen molar-refractivity contribution in [3.05, 3.63) is 59.1 Å². The number of halogens is 2. The molecule has 8 heteroatoms. The van der Waals surface area contributed by atoms with Crippen molar-refractivity contribution < 1.29 is 23.0 Å². The maximum absolute atomic E-state index is 13.6. The summed E-state index contributed by atoms with van der Waals surface area (Å²) in [5.74, 6) is -0.630. The highest BCUT2D eigenvalue weighted by Crippen LogP contribution is 2.33. The van der Waals surface area contributed by atoms with Gasteiger partial charge in [-0.3, -0.25) is 4.79 Å². The Hall–Kier alpha value is -3.00. The van der Waals surface area contributed by atoms with E-state index in [9.17, 15) is 13.6 Å². The van der Waals surface area contributed by atoms with Gasteiger partial charge in [-0.1, -0.05) is 0 Å². The van der Waals surface area contributed by atoms with E-state index in [0.29, 0.717) is 22.2 Å². The van der Waals surface area contributed by atoms with E-state index in [-0.39, 0.29) is 12.1 Å². The molecule has 0 saturated carbocycles. The van der Waals surface area contributed by atoms with Gasteiger partial charge in [-0.25, -0.2) is 13.8 Å². The number of methoxy groups -OCH3 is 2. The van der Waals surface area contributed by atoms with Crippen molar-refractivity contribution in [1.29, 1.82) is 0 Å². The van der Waals surface area contributed by atoms with Gasteiger partial charge in [0.15, 0.2) is 11.5 Å². The second-order valence-corrected chi connectivity index (χ2v) is 6.42. The third-order valence-electron chi connectivity index (χ3n) is 3.73. The van der Waals surface area contributed by atoms with E-state index in [1.165, 1.54) is 11.3 Å². The van der Waals surface area contributed by atoms with Crippen LogP contribution >= 0.6 is 11.3 Å². The quantitative estimate of drug-likeness (QED) is 0.682. The van der Waals surface area contributed by atoms with Crippen molar-refractivity contribution in [2.24, 2.45) is 0 Å². The van der Waals surface area contributed by atoms with Crippen LogP contribution in [0, 0.1) is 11.6 Å². The number of ether oxygens (including phenoxy) is 2. The van der Waals surface area contributed by atoms with Gasteiger partial charge in [0.25, 0.3) is 0 Å². The summed E-state index contributed by atoms with van der Waals surface area (Å²) in [6, 6.07) is 8.29. The molecule has 3 aromatic rings. The van der Waals surface area contributed by atoms with Crippen LogP contribution in [-0.2, 0) is 11.2 Å². The molecule has 5 nitrogen and oxygen atoms in total. The molecule has 27 heavy (non-hydrogen) atoms. The van der Waals surface area contributed by atoms with E-state index in [1.807, 2.05) is 6.07 Å². The number of thiazole rings is 1. The fourth-order valence-corrected chi connectivity index (χ4v) is 3.26. The Kier molecular flexibility index (Phi) is 5.66. The van der Waals surface area contributed by atoms with Crippen LogP contribution in [-0.4, -0.2) is 25.1 Å². The number of benzene rings is 2. The highest BCUT2D eigenvalue weighted by Gasteiger charge is 2.13. The minimum absolute atomic E-state index is 0.0558. The summed E-state index contributed by atoms with van der Waals surface area (Å²) >= 11 is 1.37. The van der Waals surface area contributed by atoms with Crippen LogP contribution in [0.2, 0.25) is 0 Å². The summed E-state index contributed by atoms with van der Waals surface area (Å²) in [6.45, 7) is 0. The minimum Gasteiger partial charge on any atom is -0.493 e. The Bertz CT molecular complexity index is 975. The number of hydrogen-bond donors (Lipinski definition) is 1. The van der Waals surface area contributed by atoms with E-state index in [4.69, 9.17) is 9.47 Å². The van der Waals surface area contributed by atoms with Crippen LogP contribution in [0.3, 0.4) is 0 Å². The average molecular weight is 390 g/mol. The summed E-state index contributed by atoms with van der Waals surface area (Å²) in [7, 11) is 3.10. The van der Waals surface area contributed by atoms with Gasteiger partial charge in [0.2, 0.25) is 5.91 Å². The van der Waals surface area contributed by atoms with Gasteiger partial charge in [-0.2, -0.15) is 0 Å². The van der Waals surface area contributed by atoms with Gasteiger partial charge in [0.1, 0.15) is 16.6 Å². The fourth-order valence-electron chi connectivity index (χ4n) is 2.44. The molecule has 1 N–H and O–H groups in total. The third-order valence-corrected chi connectivity index (χ3v) is 4.67. The van der Waals surface area contributed by atoms with Crippen molar-refractivity contribution in [2.75, 3.05) is 19.5 Å². The fraction of sp³-hybridized carbons (Fsp3) is 0.158. The SMILES string of the molecule is COc1ccc(-c2nc(CC(=O)Nc3cc(F)ccc3F)cs2)cc1OC. The van der Waals surface area contributed by atoms with Crippen LogP contribution in [0.1, 0.15) is 5.69 Å². The number of aromatic nitrogens is 1. The topological polar surface area (TPSA) is 60.5 Å². The van der Waals surface area contributed by atoms with Crippen LogP contribution in [0.5, 0.6) is 11.5 Å². The van der Waals surface area contributed by atoms with Gasteiger partial charge in [0.05, 0.1) is 32.0 Å². The molecule has 1 heterocycles. The van der Waals surface area contributed by atoms with E-state index >= 15 is 0 Å². The molecule has 0 spiro atoms. The van der Waals surface area contributed by atoms with Crippen LogP contribution in [0.25, 0.3) is 10.6 Å². The molecule has 0 radical (unpaired) electrons. The maximum atomic E-state index is 13.6. The molecular formula is C19H16F2N2O3S. The molecule has 0 atom stereocenters. The van der Waals surface area contributed by atoms with E-state index in [2.05, 4.69) is 10.3 Å². The smallest absolute Gasteiger partial charge is 0.230 e. The molecule has 3 rings (SSSR count). The van der Waals surface area contributed by atoms with E-state index in [0.717, 1.165) is 23.8 Å². The molecule has 0 fully saturated rings. The lowest BCUT2D eigenvalue weighted by Crippen LogP contribution is -2.15. The number of amides is 1. The summed E-state index contributed by atoms with van der Waals surface area (Å²) in [5.41, 5.74) is 1.15. The normalized spacial score (nSPS) is 10.5. The van der Waals surface area contributed by atoms with E-state index in [1.54, 1.807) is 31.7 Å². The Morgan fingerprint density at radius 3 is 2.63 bits per heavy atom. The second-order valence-electron chi connectivity index (χ2n) is 5.56. The zero-order chi connectivity index (χ0) is 19.4. The van der Waals surface area contributed by atoms with Gasteiger partial charge in [0, 0.05) is 17.0 Å². The van der Waals surface area contributed by atoms with E-state index < -0.39 is 17.5 Å². The van der Waals surface area contributed by atoms with Crippen molar-refractivity contribution in [1.82, 2.24) is 4.98 Å². The number of hydrogen-bond acceptors (Lipinski definition) is 5. The first kappa shape index (κ1) is 18.8. The lowest BCUT2D eigenvalue weighted by molar-refractivity contribution is -0.115. The molecule has 1 amide bonds. The molecule has 0 unspecified atom stereocenters. The minimum atomic E-state index is -0.700. The first-order valence-corrected chi connectivity index (χ1v) is 8.80. The maximum Gasteiger partial charge on any atom is 0.230 e. The Morgan fingerprint density at radius 2 is 1.89 bits per heavy atom. The van der Waals surface area contributed by atoms with Crippen molar-refractivity contribution in [2.45, 2.75) is 6.42 Å². The standard InChI is InChI=1S/C19H16F2N2O3S/c1-25-16-6-3-11(7-17(16)26-2)19-22-13(10-27-19)9-18(24)23-15-8-12(20)4-5-14(15)21/h3-8,10H,9H2,1-2H3,(H,23,24). The van der Waals surface area contributed by atoms with Crippen LogP contribution in [0.4, 0.5) is 14.5 Å². The zero-order valence-electron chi connectivity index (χ0n) is 14.6. The number of nitrogens with zero attached hydrogens (tertiary/aromatic N) is 1. The lowest BCUT2D eigenvalue weighted by Gasteiger charge is -2.08. The zero-order valence-corrected chi connectivity index (χ0v) is 15.4. The molecule has 0 bridgehead atoms. The van der Waals surface area contributed by atoms with Crippen molar-refractivity contribution >= 4 is 22.9 Å². The van der Waals surface area contributed by atoms with Crippen LogP contribution < -0.4 is 14.8 Å². The summed E-state index contributed by atoms with van der Waals surface area (Å²) in [6.07, 6.45) is -0.0558. The summed E-state index contributed by atoms with van der Waals surface area (Å²) < 4.78 is 37.3. The monoisotopic (exact) mass is 390 g/mol. The molecule has 1 aromatic heterocycles. The predicted octanol–water partition coefficient (Wildman–Crippen LogP) is 4.29. The summed E-state index contributed by atoms with van der Waals surface area (Å²) in [5, 5.41) is 4.80. The Balaban J connectivity index is 1.72. The van der Waals surface area contributed by atoms with Gasteiger partial charge in [-0.15, -0.1) is 11.3 Å². The molecular weight excluding hydrogens is 374 g/mol. The first-order valence-electron chi connectivity index (χ1n) is 7.92. The highest BCUT2D eigenvalue weighted by molar-refractivity contribution is 7.13. The Morgan fingerprint density at radius 1 is 1.11 bits per heavy atom.